The van der Waals surface area contributed by atoms with Crippen LogP contribution in [0.2, 0.25) is 0 Å². The molecule has 2 aromatic rings. The van der Waals surface area contributed by atoms with E-state index in [1.54, 1.807) is 24.5 Å². The highest BCUT2D eigenvalue weighted by atomic mass is 16.1. The van der Waals surface area contributed by atoms with Crippen molar-refractivity contribution in [1.82, 2.24) is 15.0 Å². The Balaban J connectivity index is 2.35. The average Bonchev–Trinajstić information content (AvgIpc) is 2.65. The Labute approximate surface area is 86.4 Å². The van der Waals surface area contributed by atoms with Crippen molar-refractivity contribution in [2.75, 3.05) is 0 Å². The predicted molar refractivity (Wildman–Crippen MR) is 55.1 cm³/mol. The van der Waals surface area contributed by atoms with Gasteiger partial charge in [0.15, 0.2) is 0 Å². The summed E-state index contributed by atoms with van der Waals surface area (Å²) in [6.45, 7) is 1.87. The first-order chi connectivity index (χ1) is 7.16. The van der Waals surface area contributed by atoms with Crippen LogP contribution in [-0.2, 0) is 0 Å². The number of hydrogen-bond donors (Lipinski definition) is 2. The van der Waals surface area contributed by atoms with Gasteiger partial charge in [-0.1, -0.05) is 0 Å². The fraction of sp³-hybridized carbons (Fsp3) is 0.100. The summed E-state index contributed by atoms with van der Waals surface area (Å²) in [4.78, 5) is 21.9. The van der Waals surface area contributed by atoms with Crippen LogP contribution in [0.1, 0.15) is 16.3 Å². The lowest BCUT2D eigenvalue weighted by molar-refractivity contribution is 0.0995. The van der Waals surface area contributed by atoms with Gasteiger partial charge in [-0.2, -0.15) is 0 Å². The van der Waals surface area contributed by atoms with Gasteiger partial charge in [-0.25, -0.2) is 4.98 Å². The molecule has 0 radical (unpaired) electrons. The topological polar surface area (TPSA) is 84.7 Å². The molecule has 0 fully saturated rings. The van der Waals surface area contributed by atoms with Crippen molar-refractivity contribution in [3.8, 4) is 11.3 Å². The average molecular weight is 202 g/mol. The van der Waals surface area contributed by atoms with Crippen LogP contribution < -0.4 is 5.73 Å². The van der Waals surface area contributed by atoms with Gasteiger partial charge in [0.25, 0.3) is 5.91 Å². The Bertz CT molecular complexity index is 486. The number of aromatic amines is 1. The predicted octanol–water partition coefficient (Wildman–Crippen LogP) is 0.879. The van der Waals surface area contributed by atoms with Gasteiger partial charge < -0.3 is 10.7 Å². The van der Waals surface area contributed by atoms with Gasteiger partial charge in [-0.3, -0.25) is 9.78 Å². The molecule has 5 heteroatoms. The van der Waals surface area contributed by atoms with Crippen LogP contribution >= 0.6 is 0 Å². The molecule has 0 aromatic carbocycles. The van der Waals surface area contributed by atoms with E-state index in [9.17, 15) is 4.79 Å². The van der Waals surface area contributed by atoms with Gasteiger partial charge in [0.2, 0.25) is 0 Å². The van der Waals surface area contributed by atoms with Gasteiger partial charge in [0.05, 0.1) is 11.9 Å². The van der Waals surface area contributed by atoms with Crippen molar-refractivity contribution >= 4 is 5.91 Å². The molecule has 2 rings (SSSR count). The summed E-state index contributed by atoms with van der Waals surface area (Å²) < 4.78 is 0. The highest BCUT2D eigenvalue weighted by Gasteiger charge is 2.04. The number of carbonyl (C=O) groups is 1. The van der Waals surface area contributed by atoms with E-state index < -0.39 is 5.91 Å². The largest absolute Gasteiger partial charge is 0.364 e. The monoisotopic (exact) mass is 202 g/mol. The fourth-order valence-corrected chi connectivity index (χ4v) is 1.27. The maximum Gasteiger partial charge on any atom is 0.267 e. The Morgan fingerprint density at radius 2 is 2.13 bits per heavy atom. The first kappa shape index (κ1) is 9.39. The highest BCUT2D eigenvalue weighted by Crippen LogP contribution is 2.15. The normalized spacial score (nSPS) is 10.2. The molecule has 15 heavy (non-hydrogen) atoms. The highest BCUT2D eigenvalue weighted by molar-refractivity contribution is 5.90. The molecule has 1 amide bonds. The third kappa shape index (κ3) is 1.85. The molecule has 5 nitrogen and oxygen atoms in total. The second kappa shape index (κ2) is 3.53. The minimum Gasteiger partial charge on any atom is -0.364 e. The number of aryl methyl sites for hydroxylation is 1. The molecule has 0 saturated carbocycles. The van der Waals surface area contributed by atoms with Gasteiger partial charge in [0.1, 0.15) is 11.5 Å². The molecule has 0 spiro atoms. The molecule has 2 heterocycles. The summed E-state index contributed by atoms with van der Waals surface area (Å²) in [5.41, 5.74) is 7.09. The number of amides is 1. The molecule has 0 aliphatic rings. The number of carbonyl (C=O) groups excluding carboxylic acids is 1. The van der Waals surface area contributed by atoms with E-state index in [1.807, 2.05) is 6.92 Å². The number of aromatic nitrogens is 3. The van der Waals surface area contributed by atoms with E-state index in [2.05, 4.69) is 15.0 Å². The number of imidazole rings is 1. The Morgan fingerprint density at radius 3 is 2.60 bits per heavy atom. The van der Waals surface area contributed by atoms with E-state index >= 15 is 0 Å². The third-order valence-electron chi connectivity index (χ3n) is 2.03. The van der Waals surface area contributed by atoms with E-state index in [1.165, 1.54) is 0 Å². The van der Waals surface area contributed by atoms with Crippen LogP contribution in [0.5, 0.6) is 0 Å². The van der Waals surface area contributed by atoms with Gasteiger partial charge in [-0.05, 0) is 19.1 Å². The first-order valence-corrected chi connectivity index (χ1v) is 4.44. The summed E-state index contributed by atoms with van der Waals surface area (Å²) >= 11 is 0. The third-order valence-corrected chi connectivity index (χ3v) is 2.03. The number of H-pyrrole nitrogens is 1. The van der Waals surface area contributed by atoms with Crippen molar-refractivity contribution in [1.29, 1.82) is 0 Å². The minimum absolute atomic E-state index is 0.259. The standard InChI is InChI=1S/C10H10N4O/c1-6-12-5-9(14-6)7-2-3-8(10(11)15)13-4-7/h2-5H,1H3,(H2,11,15)(H,12,14). The fourth-order valence-electron chi connectivity index (χ4n) is 1.27. The van der Waals surface area contributed by atoms with Crippen LogP contribution in [0.4, 0.5) is 0 Å². The van der Waals surface area contributed by atoms with Crippen molar-refractivity contribution in [3.63, 3.8) is 0 Å². The maximum atomic E-state index is 10.8. The van der Waals surface area contributed by atoms with Gasteiger partial charge in [0, 0.05) is 11.8 Å². The van der Waals surface area contributed by atoms with Crippen molar-refractivity contribution in [2.45, 2.75) is 6.92 Å². The summed E-state index contributed by atoms with van der Waals surface area (Å²) in [6.07, 6.45) is 3.31. The zero-order chi connectivity index (χ0) is 10.8. The summed E-state index contributed by atoms with van der Waals surface area (Å²) in [6, 6.07) is 3.37. The second-order valence-corrected chi connectivity index (χ2v) is 3.18. The van der Waals surface area contributed by atoms with Crippen LogP contribution in [0.15, 0.2) is 24.5 Å². The maximum absolute atomic E-state index is 10.8. The molecule has 0 unspecified atom stereocenters. The van der Waals surface area contributed by atoms with E-state index in [4.69, 9.17) is 5.73 Å². The summed E-state index contributed by atoms with van der Waals surface area (Å²) in [5.74, 6) is 0.311. The summed E-state index contributed by atoms with van der Waals surface area (Å²) in [5, 5.41) is 0. The second-order valence-electron chi connectivity index (χ2n) is 3.18. The molecule has 0 aliphatic carbocycles. The molecule has 0 saturated heterocycles. The van der Waals surface area contributed by atoms with Crippen molar-refractivity contribution < 1.29 is 4.79 Å². The van der Waals surface area contributed by atoms with Crippen molar-refractivity contribution in [2.24, 2.45) is 5.73 Å². The quantitative estimate of drug-likeness (QED) is 0.758. The SMILES string of the molecule is Cc1ncc(-c2ccc(C(N)=O)nc2)[nH]1. The minimum atomic E-state index is -0.526. The molecule has 2 aromatic heterocycles. The van der Waals surface area contributed by atoms with Crippen LogP contribution in [0.25, 0.3) is 11.3 Å². The Morgan fingerprint density at radius 1 is 1.33 bits per heavy atom. The number of hydrogen-bond acceptors (Lipinski definition) is 3. The molecule has 0 atom stereocenters. The number of primary amides is 1. The lowest BCUT2D eigenvalue weighted by Gasteiger charge is -1.97. The first-order valence-electron chi connectivity index (χ1n) is 4.44. The van der Waals surface area contributed by atoms with Crippen LogP contribution in [-0.4, -0.2) is 20.9 Å². The Kier molecular flexibility index (Phi) is 2.21. The number of nitrogens with two attached hydrogens (primary N) is 1. The molecule has 0 bridgehead atoms. The molecular formula is C10H10N4O. The smallest absolute Gasteiger partial charge is 0.267 e. The number of rotatable bonds is 2. The molecule has 0 aliphatic heterocycles. The lowest BCUT2D eigenvalue weighted by atomic mass is 10.2. The van der Waals surface area contributed by atoms with Gasteiger partial charge in [-0.15, -0.1) is 0 Å². The van der Waals surface area contributed by atoms with Gasteiger partial charge >= 0.3 is 0 Å². The Hall–Kier alpha value is -2.17. The summed E-state index contributed by atoms with van der Waals surface area (Å²) in [7, 11) is 0. The van der Waals surface area contributed by atoms with E-state index in [0.29, 0.717) is 0 Å². The van der Waals surface area contributed by atoms with Crippen molar-refractivity contribution in [3.05, 3.63) is 36.0 Å². The number of nitrogens with one attached hydrogen (secondary N) is 1. The van der Waals surface area contributed by atoms with E-state index in [-0.39, 0.29) is 5.69 Å². The zero-order valence-corrected chi connectivity index (χ0v) is 8.19. The molecular weight excluding hydrogens is 192 g/mol. The lowest BCUT2D eigenvalue weighted by Crippen LogP contribution is -2.12. The number of nitrogens with zero attached hydrogens (tertiary/aromatic N) is 2. The zero-order valence-electron chi connectivity index (χ0n) is 8.19. The van der Waals surface area contributed by atoms with Crippen LogP contribution in [0, 0.1) is 6.92 Å². The molecule has 76 valence electrons. The number of pyridine rings is 1. The molecule has 3 N–H and O–H groups in total. The van der Waals surface area contributed by atoms with E-state index in [0.717, 1.165) is 17.1 Å². The van der Waals surface area contributed by atoms with Crippen LogP contribution in [0.3, 0.4) is 0 Å².